The van der Waals surface area contributed by atoms with Crippen LogP contribution in [0.5, 0.6) is 0 Å². The Morgan fingerprint density at radius 1 is 0.921 bits per heavy atom. The average molecular weight is 528 g/mol. The molecule has 9 heteroatoms. The Hall–Kier alpha value is -4.50. The Morgan fingerprint density at radius 2 is 1.63 bits per heavy atom. The molecule has 2 N–H and O–H groups in total. The summed E-state index contributed by atoms with van der Waals surface area (Å²) in [7, 11) is 2.00. The lowest BCUT2D eigenvalue weighted by Gasteiger charge is -2.30. The first-order valence-corrected chi connectivity index (χ1v) is 13.0. The van der Waals surface area contributed by atoms with Crippen LogP contribution in [-0.4, -0.2) is 42.8 Å². The van der Waals surface area contributed by atoms with Crippen molar-refractivity contribution in [1.82, 2.24) is 4.90 Å². The van der Waals surface area contributed by atoms with Crippen molar-refractivity contribution in [2.75, 3.05) is 35.7 Å². The van der Waals surface area contributed by atoms with Crippen LogP contribution in [0.3, 0.4) is 0 Å². The standard InChI is InChI=1S/C29H26FN5O2S/c1-34-18-17-31-27(34)20-9-13-23(14-10-20)32-28(36)26(25-8-5-19-38-25)35(24-15-11-21(30)12-16-24)29(37)33-22-6-3-2-4-7-22/h2-16,19,26H,17-18H2,1H3,(H,32,36)(H,33,37). The summed E-state index contributed by atoms with van der Waals surface area (Å²) in [4.78, 5) is 36.1. The molecule has 1 atom stereocenters. The largest absolute Gasteiger partial charge is 0.358 e. The number of carbonyl (C=O) groups is 2. The fourth-order valence-corrected chi connectivity index (χ4v) is 5.08. The number of urea groups is 1. The molecule has 38 heavy (non-hydrogen) atoms. The fraction of sp³-hybridized carbons (Fsp3) is 0.138. The molecule has 1 unspecified atom stereocenters. The number of halogens is 1. The second-order valence-corrected chi connectivity index (χ2v) is 9.73. The third kappa shape index (κ3) is 5.57. The smallest absolute Gasteiger partial charge is 0.327 e. The molecule has 1 aliphatic rings. The summed E-state index contributed by atoms with van der Waals surface area (Å²) in [5.74, 6) is 0.0781. The summed E-state index contributed by atoms with van der Waals surface area (Å²) in [6, 6.07) is 24.1. The lowest BCUT2D eigenvalue weighted by molar-refractivity contribution is -0.117. The fourth-order valence-electron chi connectivity index (χ4n) is 4.27. The predicted molar refractivity (Wildman–Crippen MR) is 151 cm³/mol. The number of likely N-dealkylation sites (N-methyl/N-ethyl adjacent to an activating group) is 1. The number of nitrogens with one attached hydrogen (secondary N) is 2. The van der Waals surface area contributed by atoms with Crippen LogP contribution in [0.4, 0.5) is 26.2 Å². The Morgan fingerprint density at radius 3 is 2.26 bits per heavy atom. The van der Waals surface area contributed by atoms with E-state index >= 15 is 0 Å². The summed E-state index contributed by atoms with van der Waals surface area (Å²) in [5, 5.41) is 7.67. The van der Waals surface area contributed by atoms with Gasteiger partial charge in [-0.3, -0.25) is 14.7 Å². The molecule has 0 saturated heterocycles. The highest BCUT2D eigenvalue weighted by Crippen LogP contribution is 2.32. The number of hydrogen-bond donors (Lipinski definition) is 2. The number of anilines is 3. The molecule has 0 aliphatic carbocycles. The number of thiophene rings is 1. The number of para-hydroxylation sites is 1. The Labute approximate surface area is 224 Å². The van der Waals surface area contributed by atoms with Crippen LogP contribution in [0.1, 0.15) is 16.5 Å². The molecule has 0 radical (unpaired) electrons. The number of nitrogens with zero attached hydrogens (tertiary/aromatic N) is 3. The lowest BCUT2D eigenvalue weighted by Crippen LogP contribution is -2.43. The molecule has 192 valence electrons. The molecule has 4 aromatic rings. The van der Waals surface area contributed by atoms with Crippen molar-refractivity contribution >= 4 is 46.2 Å². The van der Waals surface area contributed by atoms with Gasteiger partial charge in [-0.2, -0.15) is 0 Å². The normalized spacial score (nSPS) is 13.5. The van der Waals surface area contributed by atoms with Crippen molar-refractivity contribution in [2.24, 2.45) is 4.99 Å². The number of aliphatic imine (C=N–C) groups is 1. The monoisotopic (exact) mass is 527 g/mol. The van der Waals surface area contributed by atoms with Crippen LogP contribution < -0.4 is 15.5 Å². The first-order chi connectivity index (χ1) is 18.5. The topological polar surface area (TPSA) is 77.0 Å². The van der Waals surface area contributed by atoms with Gasteiger partial charge in [0.1, 0.15) is 11.7 Å². The highest BCUT2D eigenvalue weighted by atomic mass is 32.1. The molecular weight excluding hydrogens is 501 g/mol. The van der Waals surface area contributed by atoms with Crippen molar-refractivity contribution in [3.8, 4) is 0 Å². The van der Waals surface area contributed by atoms with Crippen LogP contribution in [0.15, 0.2) is 101 Å². The maximum absolute atomic E-state index is 13.8. The second kappa shape index (κ2) is 11.3. The maximum atomic E-state index is 13.8. The van der Waals surface area contributed by atoms with Gasteiger partial charge in [0, 0.05) is 41.1 Å². The van der Waals surface area contributed by atoms with Crippen LogP contribution in [0.2, 0.25) is 0 Å². The van der Waals surface area contributed by atoms with E-state index < -0.39 is 23.8 Å². The number of amides is 3. The van der Waals surface area contributed by atoms with Gasteiger partial charge in [-0.25, -0.2) is 9.18 Å². The number of benzene rings is 3. The van der Waals surface area contributed by atoms with E-state index in [9.17, 15) is 14.0 Å². The summed E-state index contributed by atoms with van der Waals surface area (Å²) in [6.45, 7) is 1.64. The molecule has 2 heterocycles. The van der Waals surface area contributed by atoms with E-state index in [1.54, 1.807) is 30.3 Å². The average Bonchev–Trinajstić information content (AvgIpc) is 3.61. The summed E-state index contributed by atoms with van der Waals surface area (Å²) < 4.78 is 13.8. The quantitative estimate of drug-likeness (QED) is 0.310. The van der Waals surface area contributed by atoms with Crippen LogP contribution in [-0.2, 0) is 4.79 Å². The van der Waals surface area contributed by atoms with Gasteiger partial charge >= 0.3 is 6.03 Å². The van der Waals surface area contributed by atoms with Crippen molar-refractivity contribution in [1.29, 1.82) is 0 Å². The number of hydrogen-bond acceptors (Lipinski definition) is 5. The molecule has 3 aromatic carbocycles. The second-order valence-electron chi connectivity index (χ2n) is 8.75. The highest BCUT2D eigenvalue weighted by Gasteiger charge is 2.34. The van der Waals surface area contributed by atoms with Crippen molar-refractivity contribution < 1.29 is 14.0 Å². The third-order valence-electron chi connectivity index (χ3n) is 6.14. The summed E-state index contributed by atoms with van der Waals surface area (Å²) in [5.41, 5.74) is 2.51. The lowest BCUT2D eigenvalue weighted by atomic mass is 10.1. The van der Waals surface area contributed by atoms with Crippen LogP contribution >= 0.6 is 11.3 Å². The number of rotatable bonds is 7. The van der Waals surface area contributed by atoms with E-state index in [1.807, 2.05) is 48.8 Å². The molecule has 7 nitrogen and oxygen atoms in total. The van der Waals surface area contributed by atoms with E-state index in [0.717, 1.165) is 24.5 Å². The van der Waals surface area contributed by atoms with Crippen molar-refractivity contribution in [3.63, 3.8) is 0 Å². The minimum atomic E-state index is -1.01. The van der Waals surface area contributed by atoms with Gasteiger partial charge in [-0.05, 0) is 72.1 Å². The zero-order valence-corrected chi connectivity index (χ0v) is 21.5. The first kappa shape index (κ1) is 25.2. The zero-order valence-electron chi connectivity index (χ0n) is 20.7. The summed E-state index contributed by atoms with van der Waals surface area (Å²) >= 11 is 1.36. The minimum Gasteiger partial charge on any atom is -0.358 e. The molecule has 1 aromatic heterocycles. The van der Waals surface area contributed by atoms with Gasteiger partial charge in [0.2, 0.25) is 0 Å². The molecule has 3 amide bonds. The zero-order chi connectivity index (χ0) is 26.5. The SMILES string of the molecule is CN1CCN=C1c1ccc(NC(=O)C(c2cccs2)N(C(=O)Nc2ccccc2)c2ccc(F)cc2)cc1. The molecule has 0 spiro atoms. The van der Waals surface area contributed by atoms with Gasteiger partial charge in [0.15, 0.2) is 6.04 Å². The first-order valence-electron chi connectivity index (χ1n) is 12.1. The molecule has 0 saturated carbocycles. The molecule has 0 fully saturated rings. The maximum Gasteiger partial charge on any atom is 0.327 e. The number of amidine groups is 1. The van der Waals surface area contributed by atoms with E-state index in [0.29, 0.717) is 21.9 Å². The van der Waals surface area contributed by atoms with Gasteiger partial charge in [0.25, 0.3) is 5.91 Å². The van der Waals surface area contributed by atoms with Gasteiger partial charge < -0.3 is 15.5 Å². The number of carbonyl (C=O) groups excluding carboxylic acids is 2. The Balaban J connectivity index is 1.46. The molecule has 0 bridgehead atoms. The van der Waals surface area contributed by atoms with E-state index in [4.69, 9.17) is 0 Å². The predicted octanol–water partition coefficient (Wildman–Crippen LogP) is 6.00. The van der Waals surface area contributed by atoms with E-state index in [-0.39, 0.29) is 0 Å². The summed E-state index contributed by atoms with van der Waals surface area (Å²) in [6.07, 6.45) is 0. The van der Waals surface area contributed by atoms with Gasteiger partial charge in [-0.15, -0.1) is 11.3 Å². The highest BCUT2D eigenvalue weighted by molar-refractivity contribution is 7.10. The Kier molecular flexibility index (Phi) is 7.46. The third-order valence-corrected chi connectivity index (χ3v) is 7.06. The molecule has 5 rings (SSSR count). The van der Waals surface area contributed by atoms with E-state index in [2.05, 4.69) is 20.5 Å². The Bertz CT molecular complexity index is 1420. The van der Waals surface area contributed by atoms with Crippen molar-refractivity contribution in [3.05, 3.63) is 113 Å². The van der Waals surface area contributed by atoms with Gasteiger partial charge in [0.05, 0.1) is 6.54 Å². The molecule has 1 aliphatic heterocycles. The minimum absolute atomic E-state index is 0.381. The van der Waals surface area contributed by atoms with E-state index in [1.165, 1.54) is 40.5 Å². The van der Waals surface area contributed by atoms with Crippen LogP contribution in [0, 0.1) is 5.82 Å². The van der Waals surface area contributed by atoms with Crippen LogP contribution in [0.25, 0.3) is 0 Å². The molecular formula is C29H26FN5O2S. The van der Waals surface area contributed by atoms with Gasteiger partial charge in [-0.1, -0.05) is 24.3 Å². The van der Waals surface area contributed by atoms with Crippen molar-refractivity contribution in [2.45, 2.75) is 6.04 Å².